The van der Waals surface area contributed by atoms with E-state index in [-0.39, 0.29) is 6.04 Å². The third-order valence-corrected chi connectivity index (χ3v) is 2.66. The van der Waals surface area contributed by atoms with Crippen LogP contribution in [0.25, 0.3) is 10.8 Å². The second-order valence-electron chi connectivity index (χ2n) is 4.61. The zero-order valence-electron chi connectivity index (χ0n) is 10.9. The van der Waals surface area contributed by atoms with Gasteiger partial charge in [-0.1, -0.05) is 36.4 Å². The van der Waals surface area contributed by atoms with Crippen LogP contribution in [0.15, 0.2) is 42.5 Å². The van der Waals surface area contributed by atoms with Gasteiger partial charge in [-0.3, -0.25) is 9.59 Å². The first-order valence-corrected chi connectivity index (χ1v) is 6.17. The van der Waals surface area contributed by atoms with Gasteiger partial charge in [0, 0.05) is 17.1 Å². The van der Waals surface area contributed by atoms with E-state index in [0.717, 1.165) is 10.8 Å². The summed E-state index contributed by atoms with van der Waals surface area (Å²) in [6.07, 6.45) is 0. The molecular weight excluding hydrogens is 240 g/mol. The minimum absolute atomic E-state index is 0.0641. The summed E-state index contributed by atoms with van der Waals surface area (Å²) in [5.41, 5.74) is 0.641. The maximum absolute atomic E-state index is 11.8. The quantitative estimate of drug-likeness (QED) is 0.810. The summed E-state index contributed by atoms with van der Waals surface area (Å²) in [5.74, 6) is -1.27. The summed E-state index contributed by atoms with van der Waals surface area (Å²) in [6, 6.07) is 13.2. The molecule has 2 aromatic carbocycles. The van der Waals surface area contributed by atoms with Crippen molar-refractivity contribution >= 4 is 28.3 Å². The lowest BCUT2D eigenvalue weighted by molar-refractivity contribution is -0.136. The van der Waals surface area contributed by atoms with Gasteiger partial charge in [0.1, 0.15) is 0 Å². The molecule has 2 amide bonds. The number of hydrogen-bond acceptors (Lipinski definition) is 2. The molecule has 4 nitrogen and oxygen atoms in total. The summed E-state index contributed by atoms with van der Waals surface area (Å²) in [5, 5.41) is 7.13. The first-order valence-electron chi connectivity index (χ1n) is 6.17. The Hall–Kier alpha value is -2.36. The Kier molecular flexibility index (Phi) is 3.80. The highest BCUT2D eigenvalue weighted by Gasteiger charge is 2.15. The molecule has 0 atom stereocenters. The Morgan fingerprint density at radius 1 is 0.947 bits per heavy atom. The largest absolute Gasteiger partial charge is 0.346 e. The molecule has 0 aliphatic rings. The topological polar surface area (TPSA) is 58.2 Å². The van der Waals surface area contributed by atoms with Crippen LogP contribution in [0.1, 0.15) is 13.8 Å². The summed E-state index contributed by atoms with van der Waals surface area (Å²) in [7, 11) is 0. The Labute approximate surface area is 111 Å². The fourth-order valence-corrected chi connectivity index (χ4v) is 1.84. The van der Waals surface area contributed by atoms with E-state index in [4.69, 9.17) is 0 Å². The van der Waals surface area contributed by atoms with Gasteiger partial charge >= 0.3 is 11.8 Å². The van der Waals surface area contributed by atoms with Crippen molar-refractivity contribution in [1.29, 1.82) is 0 Å². The van der Waals surface area contributed by atoms with Crippen LogP contribution >= 0.6 is 0 Å². The molecule has 98 valence electrons. The first-order chi connectivity index (χ1) is 9.08. The molecule has 19 heavy (non-hydrogen) atoms. The standard InChI is InChI=1S/C15H16N2O2/c1-10(2)16-14(18)15(19)17-13-9-5-7-11-6-3-4-8-12(11)13/h3-10H,1-2H3,(H,16,18)(H,17,19). The van der Waals surface area contributed by atoms with Gasteiger partial charge in [-0.2, -0.15) is 0 Å². The molecule has 0 aliphatic carbocycles. The van der Waals surface area contributed by atoms with Crippen molar-refractivity contribution in [1.82, 2.24) is 5.32 Å². The van der Waals surface area contributed by atoms with E-state index in [2.05, 4.69) is 10.6 Å². The van der Waals surface area contributed by atoms with Crippen LogP contribution in [0, 0.1) is 0 Å². The summed E-state index contributed by atoms with van der Waals surface area (Å²) in [6.45, 7) is 3.62. The number of rotatable bonds is 2. The maximum atomic E-state index is 11.8. The van der Waals surface area contributed by atoms with E-state index >= 15 is 0 Å². The number of benzene rings is 2. The van der Waals surface area contributed by atoms with Gasteiger partial charge in [-0.15, -0.1) is 0 Å². The minimum atomic E-state index is -0.648. The molecule has 2 N–H and O–H groups in total. The molecule has 0 fully saturated rings. The van der Waals surface area contributed by atoms with Gasteiger partial charge in [-0.05, 0) is 25.3 Å². The Balaban J connectivity index is 2.22. The zero-order valence-corrected chi connectivity index (χ0v) is 10.9. The fraction of sp³-hybridized carbons (Fsp3) is 0.200. The smallest absolute Gasteiger partial charge is 0.313 e. The summed E-state index contributed by atoms with van der Waals surface area (Å²) >= 11 is 0. The van der Waals surface area contributed by atoms with E-state index in [9.17, 15) is 9.59 Å². The normalized spacial score (nSPS) is 10.5. The Bertz CT molecular complexity index is 615. The van der Waals surface area contributed by atoms with Crippen LogP contribution in [-0.4, -0.2) is 17.9 Å². The molecule has 0 radical (unpaired) electrons. The molecule has 0 bridgehead atoms. The van der Waals surface area contributed by atoms with Crippen molar-refractivity contribution in [2.75, 3.05) is 5.32 Å². The summed E-state index contributed by atoms with van der Waals surface area (Å²) < 4.78 is 0. The number of amides is 2. The summed E-state index contributed by atoms with van der Waals surface area (Å²) in [4.78, 5) is 23.3. The van der Waals surface area contributed by atoms with Crippen molar-refractivity contribution in [3.63, 3.8) is 0 Å². The molecule has 0 saturated carbocycles. The SMILES string of the molecule is CC(C)NC(=O)C(=O)Nc1cccc2ccccc12. The van der Waals surface area contributed by atoms with Crippen molar-refractivity contribution in [3.8, 4) is 0 Å². The van der Waals surface area contributed by atoms with E-state index < -0.39 is 11.8 Å². The van der Waals surface area contributed by atoms with Crippen LogP contribution in [0.2, 0.25) is 0 Å². The Morgan fingerprint density at radius 3 is 2.37 bits per heavy atom. The highest BCUT2D eigenvalue weighted by Crippen LogP contribution is 2.22. The molecule has 0 spiro atoms. The van der Waals surface area contributed by atoms with Crippen molar-refractivity contribution in [2.24, 2.45) is 0 Å². The minimum Gasteiger partial charge on any atom is -0.346 e. The molecule has 0 saturated heterocycles. The molecule has 0 aliphatic heterocycles. The van der Waals surface area contributed by atoms with Gasteiger partial charge in [0.25, 0.3) is 0 Å². The molecular formula is C15H16N2O2. The highest BCUT2D eigenvalue weighted by molar-refractivity contribution is 6.40. The predicted molar refractivity (Wildman–Crippen MR) is 75.9 cm³/mol. The van der Waals surface area contributed by atoms with Crippen molar-refractivity contribution in [2.45, 2.75) is 19.9 Å². The third-order valence-electron chi connectivity index (χ3n) is 2.66. The molecule has 2 rings (SSSR count). The van der Waals surface area contributed by atoms with E-state index in [0.29, 0.717) is 5.69 Å². The second-order valence-corrected chi connectivity index (χ2v) is 4.61. The van der Waals surface area contributed by atoms with E-state index in [1.807, 2.05) is 50.2 Å². The average molecular weight is 256 g/mol. The van der Waals surface area contributed by atoms with Gasteiger partial charge in [0.2, 0.25) is 0 Å². The predicted octanol–water partition coefficient (Wildman–Crippen LogP) is 2.30. The molecule has 4 heteroatoms. The average Bonchev–Trinajstić information content (AvgIpc) is 2.38. The monoisotopic (exact) mass is 256 g/mol. The zero-order chi connectivity index (χ0) is 13.8. The van der Waals surface area contributed by atoms with E-state index in [1.165, 1.54) is 0 Å². The first kappa shape index (κ1) is 13.1. The molecule has 2 aromatic rings. The third kappa shape index (κ3) is 3.10. The number of fused-ring (bicyclic) bond motifs is 1. The number of hydrogen-bond donors (Lipinski definition) is 2. The van der Waals surface area contributed by atoms with Gasteiger partial charge in [-0.25, -0.2) is 0 Å². The van der Waals surface area contributed by atoms with Gasteiger partial charge in [0.05, 0.1) is 0 Å². The van der Waals surface area contributed by atoms with Crippen LogP contribution in [-0.2, 0) is 9.59 Å². The lowest BCUT2D eigenvalue weighted by Crippen LogP contribution is -2.39. The van der Waals surface area contributed by atoms with Crippen LogP contribution in [0.4, 0.5) is 5.69 Å². The van der Waals surface area contributed by atoms with Gasteiger partial charge in [0.15, 0.2) is 0 Å². The number of anilines is 1. The van der Waals surface area contributed by atoms with Crippen LogP contribution < -0.4 is 10.6 Å². The van der Waals surface area contributed by atoms with Crippen LogP contribution in [0.5, 0.6) is 0 Å². The van der Waals surface area contributed by atoms with Crippen LogP contribution in [0.3, 0.4) is 0 Å². The van der Waals surface area contributed by atoms with Crippen molar-refractivity contribution < 1.29 is 9.59 Å². The highest BCUT2D eigenvalue weighted by atomic mass is 16.2. The fourth-order valence-electron chi connectivity index (χ4n) is 1.84. The number of nitrogens with one attached hydrogen (secondary N) is 2. The Morgan fingerprint density at radius 2 is 1.63 bits per heavy atom. The lowest BCUT2D eigenvalue weighted by Gasteiger charge is -2.10. The molecule has 0 heterocycles. The number of carbonyl (C=O) groups excluding carboxylic acids is 2. The molecule has 0 aromatic heterocycles. The lowest BCUT2D eigenvalue weighted by atomic mass is 10.1. The van der Waals surface area contributed by atoms with E-state index in [1.54, 1.807) is 6.07 Å². The second kappa shape index (κ2) is 5.52. The molecule has 0 unspecified atom stereocenters. The maximum Gasteiger partial charge on any atom is 0.313 e. The van der Waals surface area contributed by atoms with Crippen molar-refractivity contribution in [3.05, 3.63) is 42.5 Å². The number of carbonyl (C=O) groups is 2. The van der Waals surface area contributed by atoms with Gasteiger partial charge < -0.3 is 10.6 Å².